The second kappa shape index (κ2) is 8.31. The summed E-state index contributed by atoms with van der Waals surface area (Å²) in [6.45, 7) is 5.67. The Morgan fingerprint density at radius 3 is 2.30 bits per heavy atom. The Hall–Kier alpha value is -2.72. The van der Waals surface area contributed by atoms with E-state index < -0.39 is 12.0 Å². The van der Waals surface area contributed by atoms with Crippen LogP contribution in [0.4, 0.5) is 5.69 Å². The highest BCUT2D eigenvalue weighted by Gasteiger charge is 2.43. The van der Waals surface area contributed by atoms with Crippen LogP contribution < -0.4 is 4.90 Å². The Labute approximate surface area is 160 Å². The van der Waals surface area contributed by atoms with Crippen molar-refractivity contribution in [3.63, 3.8) is 0 Å². The van der Waals surface area contributed by atoms with Crippen molar-refractivity contribution in [2.24, 2.45) is 11.8 Å². The Balaban J connectivity index is 1.88. The normalized spacial score (nSPS) is 15.6. The van der Waals surface area contributed by atoms with E-state index in [4.69, 9.17) is 0 Å². The average Bonchev–Trinajstić information content (AvgIpc) is 3.51. The number of hydrogen-bond donors (Lipinski definition) is 1. The van der Waals surface area contributed by atoms with E-state index in [1.807, 2.05) is 30.3 Å². The van der Waals surface area contributed by atoms with Gasteiger partial charge >= 0.3 is 0 Å². The molecule has 1 aliphatic carbocycles. The lowest BCUT2D eigenvalue weighted by molar-refractivity contribution is -0.127. The minimum Gasteiger partial charge on any atom is -0.388 e. The maximum Gasteiger partial charge on any atom is 0.233 e. The van der Waals surface area contributed by atoms with E-state index in [1.54, 1.807) is 35.2 Å². The van der Waals surface area contributed by atoms with Crippen molar-refractivity contribution in [2.45, 2.75) is 25.9 Å². The fourth-order valence-corrected chi connectivity index (χ4v) is 3.41. The first-order valence-corrected chi connectivity index (χ1v) is 9.29. The molecule has 140 valence electrons. The zero-order valence-corrected chi connectivity index (χ0v) is 15.5. The first kappa shape index (κ1) is 19.1. The van der Waals surface area contributed by atoms with E-state index in [0.717, 1.165) is 18.5 Å². The molecule has 0 unspecified atom stereocenters. The monoisotopic (exact) mass is 363 g/mol. The van der Waals surface area contributed by atoms with Crippen LogP contribution in [0.3, 0.4) is 0 Å². The van der Waals surface area contributed by atoms with Crippen LogP contribution in [0.25, 0.3) is 0 Å². The van der Waals surface area contributed by atoms with Crippen molar-refractivity contribution in [3.05, 3.63) is 78.4 Å². The van der Waals surface area contributed by atoms with Gasteiger partial charge in [-0.3, -0.25) is 9.59 Å². The van der Waals surface area contributed by atoms with Gasteiger partial charge in [0, 0.05) is 17.8 Å². The predicted molar refractivity (Wildman–Crippen MR) is 107 cm³/mol. The summed E-state index contributed by atoms with van der Waals surface area (Å²) in [5.41, 5.74) is 2.06. The predicted octanol–water partition coefficient (Wildman–Crippen LogP) is 4.17. The number of nitrogens with zero attached hydrogens (tertiary/aromatic N) is 1. The fraction of sp³-hybridized carbons (Fsp3) is 0.304. The zero-order valence-electron chi connectivity index (χ0n) is 15.5. The van der Waals surface area contributed by atoms with Crippen LogP contribution in [-0.2, 0) is 4.79 Å². The van der Waals surface area contributed by atoms with Gasteiger partial charge in [-0.15, -0.1) is 6.58 Å². The van der Waals surface area contributed by atoms with Crippen LogP contribution in [0.15, 0.2) is 67.3 Å². The Kier molecular flexibility index (Phi) is 5.87. The standard InChI is InChI=1S/C23H25NO3/c1-3-15-24(20-7-5-4-6-8-20)23(27)21(18-11-12-18)22(26)19-13-9-17(10-14-19)16(2)25/h3-10,13-14,18,21-22,26H,1,11-12,15H2,2H3/t21-,22-/m1/s1. The van der Waals surface area contributed by atoms with E-state index in [1.165, 1.54) is 6.92 Å². The van der Waals surface area contributed by atoms with E-state index in [0.29, 0.717) is 17.7 Å². The Morgan fingerprint density at radius 2 is 1.78 bits per heavy atom. The van der Waals surface area contributed by atoms with Gasteiger partial charge in [-0.2, -0.15) is 0 Å². The second-order valence-corrected chi connectivity index (χ2v) is 7.06. The fourth-order valence-electron chi connectivity index (χ4n) is 3.41. The minimum absolute atomic E-state index is 0.0212. The number of ketones is 1. The lowest BCUT2D eigenvalue weighted by Gasteiger charge is -2.29. The number of benzene rings is 2. The molecule has 3 rings (SSSR count). The maximum absolute atomic E-state index is 13.4. The number of Topliss-reactive ketones (excluding diaryl/α,β-unsaturated/α-hetero) is 1. The number of anilines is 1. The van der Waals surface area contributed by atoms with Gasteiger partial charge in [0.1, 0.15) is 0 Å². The van der Waals surface area contributed by atoms with Crippen molar-refractivity contribution < 1.29 is 14.7 Å². The molecule has 1 aliphatic rings. The maximum atomic E-state index is 13.4. The summed E-state index contributed by atoms with van der Waals surface area (Å²) in [5.74, 6) is -0.441. The van der Waals surface area contributed by atoms with Crippen molar-refractivity contribution in [1.29, 1.82) is 0 Å². The molecule has 4 heteroatoms. The summed E-state index contributed by atoms with van der Waals surface area (Å²) in [6.07, 6.45) is 2.68. The van der Waals surface area contributed by atoms with Crippen LogP contribution in [0.5, 0.6) is 0 Å². The van der Waals surface area contributed by atoms with Crippen LogP contribution in [0.2, 0.25) is 0 Å². The molecule has 0 heterocycles. The molecule has 2 atom stereocenters. The number of carbonyl (C=O) groups excluding carboxylic acids is 2. The van der Waals surface area contributed by atoms with Crippen molar-refractivity contribution in [3.8, 4) is 0 Å². The third-order valence-corrected chi connectivity index (χ3v) is 5.06. The number of carbonyl (C=O) groups is 2. The largest absolute Gasteiger partial charge is 0.388 e. The number of aliphatic hydroxyl groups excluding tert-OH is 1. The first-order valence-electron chi connectivity index (χ1n) is 9.29. The molecular formula is C23H25NO3. The van der Waals surface area contributed by atoms with Gasteiger partial charge in [-0.1, -0.05) is 48.5 Å². The lowest BCUT2D eigenvalue weighted by Crippen LogP contribution is -2.40. The van der Waals surface area contributed by atoms with Crippen LogP contribution in [0, 0.1) is 11.8 Å². The summed E-state index contributed by atoms with van der Waals surface area (Å²) in [7, 11) is 0. The Morgan fingerprint density at radius 1 is 1.15 bits per heavy atom. The molecule has 1 fully saturated rings. The number of amides is 1. The average molecular weight is 363 g/mol. The summed E-state index contributed by atoms with van der Waals surface area (Å²) < 4.78 is 0. The second-order valence-electron chi connectivity index (χ2n) is 7.06. The smallest absolute Gasteiger partial charge is 0.233 e. The Bertz CT molecular complexity index is 809. The van der Waals surface area contributed by atoms with Crippen LogP contribution in [0.1, 0.15) is 41.8 Å². The number of hydrogen-bond acceptors (Lipinski definition) is 3. The van der Waals surface area contributed by atoms with Gasteiger partial charge in [0.25, 0.3) is 0 Å². The molecule has 0 spiro atoms. The molecule has 1 saturated carbocycles. The van der Waals surface area contributed by atoms with Crippen molar-refractivity contribution in [2.75, 3.05) is 11.4 Å². The molecule has 2 aromatic carbocycles. The van der Waals surface area contributed by atoms with Crippen molar-refractivity contribution >= 4 is 17.4 Å². The quantitative estimate of drug-likeness (QED) is 0.566. The molecule has 1 N–H and O–H groups in total. The molecule has 0 bridgehead atoms. The van der Waals surface area contributed by atoms with Gasteiger partial charge in [0.05, 0.1) is 12.0 Å². The zero-order chi connectivity index (χ0) is 19.4. The van der Waals surface area contributed by atoms with E-state index in [-0.39, 0.29) is 17.6 Å². The van der Waals surface area contributed by atoms with Crippen LogP contribution in [-0.4, -0.2) is 23.3 Å². The number of para-hydroxylation sites is 1. The van der Waals surface area contributed by atoms with Gasteiger partial charge in [-0.25, -0.2) is 0 Å². The highest BCUT2D eigenvalue weighted by atomic mass is 16.3. The molecule has 0 aliphatic heterocycles. The summed E-state index contributed by atoms with van der Waals surface area (Å²) >= 11 is 0. The molecule has 1 amide bonds. The first-order chi connectivity index (χ1) is 13.0. The van der Waals surface area contributed by atoms with E-state index in [2.05, 4.69) is 6.58 Å². The molecule has 0 radical (unpaired) electrons. The van der Waals surface area contributed by atoms with Gasteiger partial charge < -0.3 is 10.0 Å². The SMILES string of the molecule is C=CCN(C(=O)[C@H](C1CC1)[C@H](O)c1ccc(C(C)=O)cc1)c1ccccc1. The lowest BCUT2D eigenvalue weighted by atomic mass is 9.89. The molecule has 4 nitrogen and oxygen atoms in total. The molecule has 0 saturated heterocycles. The number of rotatable bonds is 8. The third kappa shape index (κ3) is 4.34. The molecule has 2 aromatic rings. The molecule has 27 heavy (non-hydrogen) atoms. The topological polar surface area (TPSA) is 57.6 Å². The third-order valence-electron chi connectivity index (χ3n) is 5.06. The highest BCUT2D eigenvalue weighted by molar-refractivity contribution is 5.96. The van der Waals surface area contributed by atoms with Crippen molar-refractivity contribution in [1.82, 2.24) is 0 Å². The van der Waals surface area contributed by atoms with Gasteiger partial charge in [-0.05, 0) is 43.4 Å². The minimum atomic E-state index is -0.901. The molecule has 0 aromatic heterocycles. The molecular weight excluding hydrogens is 338 g/mol. The van der Waals surface area contributed by atoms with Gasteiger partial charge in [0.15, 0.2) is 5.78 Å². The highest BCUT2D eigenvalue weighted by Crippen LogP contribution is 2.44. The van der Waals surface area contributed by atoms with E-state index >= 15 is 0 Å². The summed E-state index contributed by atoms with van der Waals surface area (Å²) in [6, 6.07) is 16.4. The van der Waals surface area contributed by atoms with E-state index in [9.17, 15) is 14.7 Å². The van der Waals surface area contributed by atoms with Gasteiger partial charge in [0.2, 0.25) is 5.91 Å². The number of aliphatic hydroxyl groups is 1. The summed E-state index contributed by atoms with van der Waals surface area (Å²) in [5, 5.41) is 11.0. The summed E-state index contributed by atoms with van der Waals surface area (Å²) in [4.78, 5) is 26.5. The van der Waals surface area contributed by atoms with Crippen LogP contribution >= 0.6 is 0 Å².